The zero-order valence-corrected chi connectivity index (χ0v) is 12.1. The average molecular weight is 291 g/mol. The molecule has 0 aromatic carbocycles. The van der Waals surface area contributed by atoms with Gasteiger partial charge in [0.15, 0.2) is 0 Å². The Labute approximate surface area is 118 Å². The van der Waals surface area contributed by atoms with Gasteiger partial charge in [0.25, 0.3) is 0 Å². The highest BCUT2D eigenvalue weighted by molar-refractivity contribution is 6.25. The summed E-state index contributed by atoms with van der Waals surface area (Å²) >= 11 is 13.5. The van der Waals surface area contributed by atoms with Crippen molar-refractivity contribution in [2.24, 2.45) is 0 Å². The zero-order valence-electron chi connectivity index (χ0n) is 10.5. The first-order valence-electron chi connectivity index (χ1n) is 7.24. The minimum atomic E-state index is -0.0547. The van der Waals surface area contributed by atoms with Gasteiger partial charge in [-0.15, -0.1) is 23.2 Å². The van der Waals surface area contributed by atoms with Gasteiger partial charge in [0, 0.05) is 9.75 Å². The summed E-state index contributed by atoms with van der Waals surface area (Å²) in [5.74, 6) is 0. The molecule has 4 fully saturated rings. The summed E-state index contributed by atoms with van der Waals surface area (Å²) in [6.07, 6.45) is 10.5. The molecule has 0 aromatic rings. The van der Waals surface area contributed by atoms with Crippen molar-refractivity contribution in [1.29, 1.82) is 0 Å². The van der Waals surface area contributed by atoms with E-state index in [1.807, 2.05) is 0 Å². The molecule has 2 nitrogen and oxygen atoms in total. The second-order valence-electron chi connectivity index (χ2n) is 6.71. The van der Waals surface area contributed by atoms with Gasteiger partial charge in [0.1, 0.15) is 0 Å². The lowest BCUT2D eigenvalue weighted by atomic mass is 9.79. The molecule has 4 rings (SSSR count). The second-order valence-corrected chi connectivity index (χ2v) is 8.32. The standard InChI is InChI=1S/C14H20Cl2O2/c15-13(3-1-9-11(7-13)17-9)5-6-14(16)4-2-10-12(8-14)18-10/h9-12H,1-8H2. The molecular formula is C14H20Cl2O2. The third-order valence-corrected chi connectivity index (χ3v) is 6.35. The van der Waals surface area contributed by atoms with E-state index in [2.05, 4.69) is 0 Å². The predicted octanol–water partition coefficient (Wildman–Crippen LogP) is 3.62. The molecule has 4 aliphatic rings. The summed E-state index contributed by atoms with van der Waals surface area (Å²) < 4.78 is 11.2. The Bertz CT molecular complexity index is 330. The van der Waals surface area contributed by atoms with Crippen molar-refractivity contribution in [3.05, 3.63) is 0 Å². The molecule has 2 aliphatic carbocycles. The van der Waals surface area contributed by atoms with E-state index < -0.39 is 0 Å². The van der Waals surface area contributed by atoms with Crippen molar-refractivity contribution in [3.63, 3.8) is 0 Å². The van der Waals surface area contributed by atoms with Crippen LogP contribution >= 0.6 is 23.2 Å². The highest BCUT2D eigenvalue weighted by atomic mass is 35.5. The van der Waals surface area contributed by atoms with E-state index in [9.17, 15) is 0 Å². The SMILES string of the molecule is ClC1(CCC2(Cl)CCC3OC3C2)CCC2OC2C1. The smallest absolute Gasteiger partial charge is 0.0858 e. The molecule has 0 radical (unpaired) electrons. The molecule has 2 saturated carbocycles. The number of ether oxygens (including phenoxy) is 2. The molecule has 102 valence electrons. The summed E-state index contributed by atoms with van der Waals surface area (Å²) in [6.45, 7) is 0. The van der Waals surface area contributed by atoms with Crippen molar-refractivity contribution in [1.82, 2.24) is 0 Å². The lowest BCUT2D eigenvalue weighted by Gasteiger charge is -2.35. The first kappa shape index (κ1) is 12.3. The predicted molar refractivity (Wildman–Crippen MR) is 71.4 cm³/mol. The van der Waals surface area contributed by atoms with Gasteiger partial charge in [-0.05, 0) is 51.4 Å². The largest absolute Gasteiger partial charge is 0.370 e. The van der Waals surface area contributed by atoms with Crippen LogP contribution in [-0.2, 0) is 9.47 Å². The van der Waals surface area contributed by atoms with Crippen LogP contribution in [-0.4, -0.2) is 34.2 Å². The van der Waals surface area contributed by atoms with E-state index in [0.717, 1.165) is 51.4 Å². The minimum Gasteiger partial charge on any atom is -0.370 e. The number of epoxide rings is 2. The van der Waals surface area contributed by atoms with Crippen LogP contribution in [0.1, 0.15) is 51.4 Å². The maximum absolute atomic E-state index is 6.75. The molecule has 18 heavy (non-hydrogen) atoms. The highest BCUT2D eigenvalue weighted by Gasteiger charge is 2.52. The lowest BCUT2D eigenvalue weighted by molar-refractivity contribution is 0.325. The van der Waals surface area contributed by atoms with Crippen molar-refractivity contribution >= 4 is 23.2 Å². The van der Waals surface area contributed by atoms with Crippen LogP contribution in [0.15, 0.2) is 0 Å². The fourth-order valence-corrected chi connectivity index (χ4v) is 4.57. The van der Waals surface area contributed by atoms with Crippen LogP contribution in [0.25, 0.3) is 0 Å². The van der Waals surface area contributed by atoms with Crippen LogP contribution < -0.4 is 0 Å². The van der Waals surface area contributed by atoms with Crippen molar-refractivity contribution in [3.8, 4) is 0 Å². The minimum absolute atomic E-state index is 0.0547. The Hall–Kier alpha value is 0.500. The Morgan fingerprint density at radius 3 is 1.61 bits per heavy atom. The zero-order chi connectivity index (χ0) is 12.4. The molecule has 4 heteroatoms. The number of alkyl halides is 2. The molecule has 0 spiro atoms. The second kappa shape index (κ2) is 4.00. The van der Waals surface area contributed by atoms with E-state index >= 15 is 0 Å². The van der Waals surface area contributed by atoms with Gasteiger partial charge < -0.3 is 9.47 Å². The lowest BCUT2D eigenvalue weighted by Crippen LogP contribution is -2.34. The van der Waals surface area contributed by atoms with Crippen molar-refractivity contribution < 1.29 is 9.47 Å². The van der Waals surface area contributed by atoms with Crippen molar-refractivity contribution in [2.75, 3.05) is 0 Å². The van der Waals surface area contributed by atoms with E-state index in [1.54, 1.807) is 0 Å². The maximum atomic E-state index is 6.75. The van der Waals surface area contributed by atoms with Crippen LogP contribution in [0, 0.1) is 0 Å². The number of rotatable bonds is 3. The highest BCUT2D eigenvalue weighted by Crippen LogP contribution is 2.51. The molecule has 6 unspecified atom stereocenters. The average Bonchev–Trinajstić information content (AvgIpc) is 3.20. The first-order chi connectivity index (χ1) is 8.55. The van der Waals surface area contributed by atoms with Gasteiger partial charge in [-0.3, -0.25) is 0 Å². The molecular weight excluding hydrogens is 271 g/mol. The van der Waals surface area contributed by atoms with Crippen LogP contribution in [0.5, 0.6) is 0 Å². The quantitative estimate of drug-likeness (QED) is 0.586. The summed E-state index contributed by atoms with van der Waals surface area (Å²) in [4.78, 5) is -0.109. The van der Waals surface area contributed by atoms with Gasteiger partial charge in [-0.25, -0.2) is 0 Å². The van der Waals surface area contributed by atoms with Gasteiger partial charge in [0.05, 0.1) is 24.4 Å². The van der Waals surface area contributed by atoms with E-state index in [4.69, 9.17) is 32.7 Å². The molecule has 0 N–H and O–H groups in total. The molecule has 2 saturated heterocycles. The van der Waals surface area contributed by atoms with Gasteiger partial charge in [-0.2, -0.15) is 0 Å². The Morgan fingerprint density at radius 2 is 1.22 bits per heavy atom. The third kappa shape index (κ3) is 2.30. The fraction of sp³-hybridized carbons (Fsp3) is 1.00. The Balaban J connectivity index is 1.34. The van der Waals surface area contributed by atoms with Crippen LogP contribution in [0.4, 0.5) is 0 Å². The number of halogens is 2. The molecule has 2 aliphatic heterocycles. The number of hydrogen-bond donors (Lipinski definition) is 0. The van der Waals surface area contributed by atoms with E-state index in [0.29, 0.717) is 24.4 Å². The summed E-state index contributed by atoms with van der Waals surface area (Å²) in [5, 5.41) is 0. The first-order valence-corrected chi connectivity index (χ1v) is 8.00. The molecule has 0 amide bonds. The fourth-order valence-electron chi connectivity index (χ4n) is 3.85. The Morgan fingerprint density at radius 1 is 0.778 bits per heavy atom. The molecule has 6 atom stereocenters. The van der Waals surface area contributed by atoms with Gasteiger partial charge >= 0.3 is 0 Å². The molecule has 0 bridgehead atoms. The summed E-state index contributed by atoms with van der Waals surface area (Å²) in [5.41, 5.74) is 0. The van der Waals surface area contributed by atoms with E-state index in [1.165, 1.54) is 0 Å². The maximum Gasteiger partial charge on any atom is 0.0858 e. The topological polar surface area (TPSA) is 25.1 Å². The molecule has 2 heterocycles. The van der Waals surface area contributed by atoms with Crippen LogP contribution in [0.2, 0.25) is 0 Å². The summed E-state index contributed by atoms with van der Waals surface area (Å²) in [6, 6.07) is 0. The number of hydrogen-bond acceptors (Lipinski definition) is 2. The van der Waals surface area contributed by atoms with Crippen LogP contribution in [0.3, 0.4) is 0 Å². The van der Waals surface area contributed by atoms with Crippen molar-refractivity contribution in [2.45, 2.75) is 85.5 Å². The summed E-state index contributed by atoms with van der Waals surface area (Å²) in [7, 11) is 0. The normalized spacial score (nSPS) is 57.7. The van der Waals surface area contributed by atoms with E-state index in [-0.39, 0.29) is 9.75 Å². The number of fused-ring (bicyclic) bond motifs is 2. The monoisotopic (exact) mass is 290 g/mol. The molecule has 0 aromatic heterocycles. The van der Waals surface area contributed by atoms with Gasteiger partial charge in [0.2, 0.25) is 0 Å². The van der Waals surface area contributed by atoms with Gasteiger partial charge in [-0.1, -0.05) is 0 Å². The Kier molecular flexibility index (Phi) is 2.73. The third-order valence-electron chi connectivity index (χ3n) is 5.28.